The fraction of sp³-hybridized carbons (Fsp3) is 0.261. The molecule has 0 aromatic carbocycles. The lowest BCUT2D eigenvalue weighted by atomic mass is 10.0. The van der Waals surface area contributed by atoms with E-state index < -0.39 is 12.7 Å². The number of aliphatic hydroxyl groups is 1. The Labute approximate surface area is 201 Å². The summed E-state index contributed by atoms with van der Waals surface area (Å²) in [7, 11) is 0. The van der Waals surface area contributed by atoms with E-state index >= 15 is 0 Å². The number of halogens is 2. The fourth-order valence-corrected chi connectivity index (χ4v) is 3.52. The molecule has 0 unspecified atom stereocenters. The summed E-state index contributed by atoms with van der Waals surface area (Å²) < 4.78 is 30.8. The van der Waals surface area contributed by atoms with Gasteiger partial charge in [-0.05, 0) is 23.8 Å². The van der Waals surface area contributed by atoms with Crippen LogP contribution in [-0.4, -0.2) is 32.8 Å². The average Bonchev–Trinajstić information content (AvgIpc) is 2.84. The van der Waals surface area contributed by atoms with Crippen LogP contribution in [0.1, 0.15) is 38.0 Å². The molecule has 3 aromatic heterocycles. The number of pyridine rings is 3. The van der Waals surface area contributed by atoms with Crippen LogP contribution < -0.4 is 10.5 Å². The van der Waals surface area contributed by atoms with Crippen molar-refractivity contribution in [1.29, 1.82) is 10.5 Å². The number of aromatic nitrogens is 3. The monoisotopic (exact) mass is 486 g/mol. The van der Waals surface area contributed by atoms with Gasteiger partial charge in [0.2, 0.25) is 0 Å². The quantitative estimate of drug-likeness (QED) is 0.451. The van der Waals surface area contributed by atoms with E-state index in [9.17, 15) is 19.3 Å². The molecule has 34 heavy (non-hydrogen) atoms. The molecule has 3 N–H and O–H groups in total. The van der Waals surface area contributed by atoms with Gasteiger partial charge in [0.1, 0.15) is 40.9 Å². The topological polar surface area (TPSA) is 142 Å². The zero-order valence-electron chi connectivity index (χ0n) is 17.8. The molecule has 0 aliphatic heterocycles. The minimum atomic E-state index is -3.77. The highest BCUT2D eigenvalue weighted by atomic mass is 32.2. The summed E-state index contributed by atoms with van der Waals surface area (Å²) in [6, 6.07) is 10.1. The first-order valence-electron chi connectivity index (χ1n) is 9.68. The van der Waals surface area contributed by atoms with Crippen LogP contribution in [0.25, 0.3) is 11.3 Å². The summed E-state index contributed by atoms with van der Waals surface area (Å²) in [4.78, 5) is 12.3. The molecule has 8 nitrogen and oxygen atoms in total. The molecule has 11 heteroatoms. The molecule has 3 aromatic rings. The van der Waals surface area contributed by atoms with Crippen molar-refractivity contribution < 1.29 is 18.6 Å². The molecule has 0 aliphatic rings. The highest BCUT2D eigenvalue weighted by Gasteiger charge is 2.30. The van der Waals surface area contributed by atoms with Crippen LogP contribution in [0.5, 0.6) is 5.75 Å². The molecule has 0 aliphatic carbocycles. The van der Waals surface area contributed by atoms with Crippen molar-refractivity contribution in [3.05, 3.63) is 59.5 Å². The Kier molecular flexibility index (Phi) is 10.8. The lowest BCUT2D eigenvalue weighted by molar-refractivity contribution is -0.201. The zero-order valence-corrected chi connectivity index (χ0v) is 18.6. The maximum Gasteiger partial charge on any atom is 0.421 e. The molecule has 0 amide bonds. The molecular formula is C23H24F2N6O2S. The van der Waals surface area contributed by atoms with Gasteiger partial charge < -0.3 is 15.6 Å². The highest BCUT2D eigenvalue weighted by Crippen LogP contribution is 2.36. The van der Waals surface area contributed by atoms with E-state index in [1.54, 1.807) is 18.5 Å². The first-order valence-corrected chi connectivity index (χ1v) is 10.7. The number of alkyl halides is 2. The summed E-state index contributed by atoms with van der Waals surface area (Å²) >= 11 is 1.24. The van der Waals surface area contributed by atoms with Crippen LogP contribution in [0.4, 0.5) is 14.6 Å². The summed E-state index contributed by atoms with van der Waals surface area (Å²) in [5.41, 5.74) is 7.18. The van der Waals surface area contributed by atoms with Crippen LogP contribution >= 0.6 is 11.8 Å². The molecule has 0 fully saturated rings. The van der Waals surface area contributed by atoms with Gasteiger partial charge in [0, 0.05) is 23.7 Å². The number of thioether (sulfide) groups is 1. The molecule has 0 spiro atoms. The van der Waals surface area contributed by atoms with Crippen molar-refractivity contribution in [3.63, 3.8) is 0 Å². The number of rotatable bonds is 7. The zero-order chi connectivity index (χ0) is 24.4. The van der Waals surface area contributed by atoms with E-state index in [0.29, 0.717) is 10.8 Å². The number of nitrogen functional groups attached to an aromatic ring is 1. The number of nitrogens with zero attached hydrogens (tertiary/aromatic N) is 5. The first-order chi connectivity index (χ1) is 15.9. The number of ether oxygens (including phenoxy) is 1. The van der Waals surface area contributed by atoms with E-state index in [0.717, 1.165) is 11.8 Å². The molecule has 0 saturated carbocycles. The molecule has 0 saturated heterocycles. The third kappa shape index (κ3) is 6.85. The second-order valence-electron chi connectivity index (χ2n) is 6.08. The Hall–Kier alpha value is -3.80. The lowest BCUT2D eigenvalue weighted by Crippen LogP contribution is -2.29. The Morgan fingerprint density at radius 3 is 2.38 bits per heavy atom. The van der Waals surface area contributed by atoms with Crippen LogP contribution in [0, 0.1) is 22.7 Å². The van der Waals surface area contributed by atoms with Crippen molar-refractivity contribution in [2.75, 3.05) is 12.3 Å². The van der Waals surface area contributed by atoms with Gasteiger partial charge in [0.05, 0.1) is 17.5 Å². The molecular weight excluding hydrogens is 462 g/mol. The van der Waals surface area contributed by atoms with Gasteiger partial charge in [0.15, 0.2) is 0 Å². The molecule has 0 bridgehead atoms. The Bertz CT molecular complexity index is 1160. The summed E-state index contributed by atoms with van der Waals surface area (Å²) in [6.45, 7) is 2.50. The Morgan fingerprint density at radius 2 is 1.85 bits per heavy atom. The van der Waals surface area contributed by atoms with Crippen LogP contribution in [0.15, 0.2) is 47.9 Å². The normalized spacial score (nSPS) is 10.1. The van der Waals surface area contributed by atoms with Gasteiger partial charge in [-0.3, -0.25) is 9.97 Å². The predicted molar refractivity (Wildman–Crippen MR) is 126 cm³/mol. The van der Waals surface area contributed by atoms with Crippen LogP contribution in [0.2, 0.25) is 0 Å². The fourth-order valence-electron chi connectivity index (χ4n) is 2.59. The van der Waals surface area contributed by atoms with Gasteiger partial charge >= 0.3 is 6.11 Å². The van der Waals surface area contributed by atoms with Gasteiger partial charge in [-0.25, -0.2) is 4.98 Å². The standard InChI is InChI=1S/C20H14F2N6O2S.C2H6.CH4/c21-20(22,11-29)30-13-3-4-16(27-9-13)17-14(6-23)18(25)28-19(15(17)7-24)31-10-12-2-1-5-26-8-12;1-2;/h1-5,8-9,29H,10-11H2,(H2,25,28);1-2H3;1H4. The minimum Gasteiger partial charge on any atom is -0.429 e. The average molecular weight is 487 g/mol. The van der Waals surface area contributed by atoms with E-state index in [1.165, 1.54) is 23.9 Å². The van der Waals surface area contributed by atoms with Crippen LogP contribution in [0.3, 0.4) is 0 Å². The maximum atomic E-state index is 13.2. The van der Waals surface area contributed by atoms with E-state index in [-0.39, 0.29) is 41.4 Å². The number of nitrogens with two attached hydrogens (primary N) is 1. The number of aliphatic hydroxyl groups excluding tert-OH is 1. The summed E-state index contributed by atoms with van der Waals surface area (Å²) in [6.07, 6.45) is 0.548. The minimum absolute atomic E-state index is 0. The van der Waals surface area contributed by atoms with Crippen molar-refractivity contribution in [1.82, 2.24) is 15.0 Å². The highest BCUT2D eigenvalue weighted by molar-refractivity contribution is 7.98. The predicted octanol–water partition coefficient (Wildman–Crippen LogP) is 4.78. The van der Waals surface area contributed by atoms with Crippen molar-refractivity contribution in [2.24, 2.45) is 0 Å². The van der Waals surface area contributed by atoms with Gasteiger partial charge in [0.25, 0.3) is 0 Å². The summed E-state index contributed by atoms with van der Waals surface area (Å²) in [5.74, 6) is 0.0728. The van der Waals surface area contributed by atoms with Gasteiger partial charge in [-0.15, -0.1) is 11.8 Å². The molecule has 178 valence electrons. The summed E-state index contributed by atoms with van der Waals surface area (Å²) in [5, 5.41) is 28.2. The molecule has 3 heterocycles. The van der Waals surface area contributed by atoms with Crippen molar-refractivity contribution in [2.45, 2.75) is 38.2 Å². The second kappa shape index (κ2) is 13.0. The van der Waals surface area contributed by atoms with E-state index in [4.69, 9.17) is 10.8 Å². The Balaban J connectivity index is 0.00000188. The van der Waals surface area contributed by atoms with E-state index in [2.05, 4.69) is 19.7 Å². The SMILES string of the molecule is C.CC.N#Cc1c(N)nc(SCc2cccnc2)c(C#N)c1-c1ccc(OC(F)(F)CO)cn1. The van der Waals surface area contributed by atoms with Gasteiger partial charge in [-0.2, -0.15) is 19.3 Å². The first kappa shape index (κ1) is 28.2. The lowest BCUT2D eigenvalue weighted by Gasteiger charge is -2.16. The van der Waals surface area contributed by atoms with Crippen molar-refractivity contribution >= 4 is 17.6 Å². The smallest absolute Gasteiger partial charge is 0.421 e. The maximum absolute atomic E-state index is 13.2. The number of hydrogen-bond donors (Lipinski definition) is 2. The molecule has 3 rings (SSSR count). The van der Waals surface area contributed by atoms with Gasteiger partial charge in [-0.1, -0.05) is 27.3 Å². The number of anilines is 1. The second-order valence-corrected chi connectivity index (χ2v) is 7.04. The molecule has 0 atom stereocenters. The third-order valence-corrected chi connectivity index (χ3v) is 5.00. The molecule has 0 radical (unpaired) electrons. The third-order valence-electron chi connectivity index (χ3n) is 3.96. The number of hydrogen-bond acceptors (Lipinski definition) is 9. The largest absolute Gasteiger partial charge is 0.429 e. The number of nitriles is 2. The van der Waals surface area contributed by atoms with Crippen LogP contribution in [-0.2, 0) is 5.75 Å². The van der Waals surface area contributed by atoms with E-state index in [1.807, 2.05) is 32.1 Å². The van der Waals surface area contributed by atoms with Crippen molar-refractivity contribution in [3.8, 4) is 29.1 Å². The Morgan fingerprint density at radius 1 is 1.15 bits per heavy atom.